The maximum atomic E-state index is 12.5. The average Bonchev–Trinajstić information content (AvgIpc) is 3.25. The third kappa shape index (κ3) is 4.62. The van der Waals surface area contributed by atoms with Crippen molar-refractivity contribution in [3.05, 3.63) is 59.0 Å². The Kier molecular flexibility index (Phi) is 5.98. The lowest BCUT2D eigenvalue weighted by Crippen LogP contribution is -2.37. The van der Waals surface area contributed by atoms with Crippen molar-refractivity contribution in [1.82, 2.24) is 25.5 Å². The second-order valence-electron chi connectivity index (χ2n) is 7.10. The van der Waals surface area contributed by atoms with Crippen molar-refractivity contribution >= 4 is 17.5 Å². The molecule has 7 nitrogen and oxygen atoms in total. The normalized spacial score (nSPS) is 19.1. The van der Waals surface area contributed by atoms with Gasteiger partial charge in [0.15, 0.2) is 0 Å². The Balaban J connectivity index is 1.32. The highest BCUT2D eigenvalue weighted by Crippen LogP contribution is 2.33. The number of nitrogens with one attached hydrogen (secondary N) is 1. The van der Waals surface area contributed by atoms with E-state index in [1.54, 1.807) is 12.1 Å². The number of alkyl halides is 2. The predicted octanol–water partition coefficient (Wildman–Crippen LogP) is 4.57. The molecule has 1 fully saturated rings. The first-order chi connectivity index (χ1) is 14.5. The molecular formula is C20H18ClF2N5O2. The Morgan fingerprint density at radius 1 is 1.07 bits per heavy atom. The number of halogens is 3. The molecule has 0 atom stereocenters. The predicted molar refractivity (Wildman–Crippen MR) is 104 cm³/mol. The zero-order chi connectivity index (χ0) is 21.1. The standard InChI is InChI=1S/C20H18ClF2N5O2/c21-13-5-1-11(2-6-13)19-27-28-20(30-19)12-3-7-14(8-4-12)26-18(29)16-10-24-15(9-25-16)17(22)23/h1-2,5-6,9-10,12,14,17H,3-4,7-8H2,(H,26,29)/t12-,14-. The van der Waals surface area contributed by atoms with Gasteiger partial charge in [0.2, 0.25) is 11.8 Å². The lowest BCUT2D eigenvalue weighted by atomic mass is 9.86. The van der Waals surface area contributed by atoms with E-state index in [-0.39, 0.29) is 17.7 Å². The fraction of sp³-hybridized carbons (Fsp3) is 0.350. The summed E-state index contributed by atoms with van der Waals surface area (Å²) in [5, 5.41) is 11.8. The lowest BCUT2D eigenvalue weighted by Gasteiger charge is -2.27. The van der Waals surface area contributed by atoms with Gasteiger partial charge in [0.05, 0.1) is 12.4 Å². The Bertz CT molecular complexity index is 1000. The Morgan fingerprint density at radius 3 is 2.43 bits per heavy atom. The number of hydrogen-bond acceptors (Lipinski definition) is 6. The molecule has 30 heavy (non-hydrogen) atoms. The van der Waals surface area contributed by atoms with E-state index in [2.05, 4.69) is 25.5 Å². The summed E-state index contributed by atoms with van der Waals surface area (Å²) in [5.74, 6) is 0.729. The molecule has 1 aliphatic carbocycles. The molecule has 0 spiro atoms. The van der Waals surface area contributed by atoms with Crippen molar-refractivity contribution in [2.24, 2.45) is 0 Å². The van der Waals surface area contributed by atoms with E-state index in [0.29, 0.717) is 16.8 Å². The molecule has 0 saturated heterocycles. The largest absolute Gasteiger partial charge is 0.420 e. The highest BCUT2D eigenvalue weighted by atomic mass is 35.5. The molecule has 1 N–H and O–H groups in total. The van der Waals surface area contributed by atoms with E-state index in [1.165, 1.54) is 0 Å². The smallest absolute Gasteiger partial charge is 0.281 e. The number of benzene rings is 1. The van der Waals surface area contributed by atoms with Crippen LogP contribution in [0.15, 0.2) is 41.1 Å². The number of amides is 1. The molecule has 156 valence electrons. The van der Waals surface area contributed by atoms with Gasteiger partial charge < -0.3 is 9.73 Å². The second kappa shape index (κ2) is 8.83. The van der Waals surface area contributed by atoms with Gasteiger partial charge in [-0.15, -0.1) is 10.2 Å². The molecule has 0 bridgehead atoms. The van der Waals surface area contributed by atoms with Gasteiger partial charge in [-0.25, -0.2) is 13.8 Å². The number of carbonyl (C=O) groups excluding carboxylic acids is 1. The van der Waals surface area contributed by atoms with E-state index < -0.39 is 18.0 Å². The number of carbonyl (C=O) groups is 1. The molecule has 1 amide bonds. The van der Waals surface area contributed by atoms with Crippen LogP contribution in [0.25, 0.3) is 11.5 Å². The van der Waals surface area contributed by atoms with Crippen LogP contribution in [0.3, 0.4) is 0 Å². The van der Waals surface area contributed by atoms with Crippen molar-refractivity contribution in [3.63, 3.8) is 0 Å². The van der Waals surface area contributed by atoms with Gasteiger partial charge in [-0.3, -0.25) is 9.78 Å². The average molecular weight is 434 g/mol. The van der Waals surface area contributed by atoms with Crippen LogP contribution in [0.2, 0.25) is 5.02 Å². The Morgan fingerprint density at radius 2 is 1.80 bits per heavy atom. The van der Waals surface area contributed by atoms with Crippen molar-refractivity contribution in [3.8, 4) is 11.5 Å². The minimum absolute atomic E-state index is 0.0195. The lowest BCUT2D eigenvalue weighted by molar-refractivity contribution is 0.0918. The molecule has 0 aliphatic heterocycles. The van der Waals surface area contributed by atoms with Crippen LogP contribution in [0, 0.1) is 0 Å². The third-order valence-corrected chi connectivity index (χ3v) is 5.32. The van der Waals surface area contributed by atoms with Crippen LogP contribution in [0.4, 0.5) is 8.78 Å². The van der Waals surface area contributed by atoms with Crippen LogP contribution in [0.1, 0.15) is 60.1 Å². The Labute approximate surface area is 175 Å². The highest BCUT2D eigenvalue weighted by molar-refractivity contribution is 6.30. The molecular weight excluding hydrogens is 416 g/mol. The fourth-order valence-electron chi connectivity index (χ4n) is 3.42. The molecule has 0 radical (unpaired) electrons. The topological polar surface area (TPSA) is 93.8 Å². The number of rotatable bonds is 5. The molecule has 4 rings (SSSR count). The molecule has 3 aromatic rings. The zero-order valence-corrected chi connectivity index (χ0v) is 16.5. The first-order valence-corrected chi connectivity index (χ1v) is 9.87. The minimum atomic E-state index is -2.71. The number of aromatic nitrogens is 4. The summed E-state index contributed by atoms with van der Waals surface area (Å²) < 4.78 is 30.9. The van der Waals surface area contributed by atoms with Gasteiger partial charge in [-0.2, -0.15) is 0 Å². The van der Waals surface area contributed by atoms with Crippen LogP contribution in [-0.2, 0) is 0 Å². The molecule has 2 aromatic heterocycles. The molecule has 2 heterocycles. The minimum Gasteiger partial charge on any atom is -0.420 e. The van der Waals surface area contributed by atoms with Crippen molar-refractivity contribution in [1.29, 1.82) is 0 Å². The Hall–Kier alpha value is -2.94. The quantitative estimate of drug-likeness (QED) is 0.633. The summed E-state index contributed by atoms with van der Waals surface area (Å²) >= 11 is 5.90. The van der Waals surface area contributed by atoms with Crippen molar-refractivity contribution in [2.45, 2.75) is 44.1 Å². The third-order valence-electron chi connectivity index (χ3n) is 5.07. The first-order valence-electron chi connectivity index (χ1n) is 9.50. The van der Waals surface area contributed by atoms with E-state index in [4.69, 9.17) is 16.0 Å². The van der Waals surface area contributed by atoms with Crippen molar-refractivity contribution in [2.75, 3.05) is 0 Å². The van der Waals surface area contributed by atoms with E-state index in [1.807, 2.05) is 12.1 Å². The molecule has 0 unspecified atom stereocenters. The molecule has 1 aliphatic rings. The maximum Gasteiger partial charge on any atom is 0.281 e. The molecule has 10 heteroatoms. The van der Waals surface area contributed by atoms with Crippen LogP contribution >= 0.6 is 11.6 Å². The summed E-state index contributed by atoms with van der Waals surface area (Å²) in [4.78, 5) is 19.6. The van der Waals surface area contributed by atoms with Crippen LogP contribution < -0.4 is 5.32 Å². The van der Waals surface area contributed by atoms with Gasteiger partial charge in [0.1, 0.15) is 11.4 Å². The van der Waals surface area contributed by atoms with Gasteiger partial charge >= 0.3 is 0 Å². The molecule has 1 saturated carbocycles. The van der Waals surface area contributed by atoms with Gasteiger partial charge in [-0.1, -0.05) is 11.6 Å². The van der Waals surface area contributed by atoms with Crippen LogP contribution in [0.5, 0.6) is 0 Å². The summed E-state index contributed by atoms with van der Waals surface area (Å²) in [6.45, 7) is 0. The zero-order valence-electron chi connectivity index (χ0n) is 15.8. The summed E-state index contributed by atoms with van der Waals surface area (Å²) in [7, 11) is 0. The SMILES string of the molecule is O=C(N[C@H]1CC[C@H](c2nnc(-c3ccc(Cl)cc3)o2)CC1)c1cnc(C(F)F)cn1. The summed E-state index contributed by atoms with van der Waals surface area (Å²) in [5.41, 5.74) is 0.369. The van der Waals surface area contributed by atoms with Gasteiger partial charge in [-0.05, 0) is 49.9 Å². The van der Waals surface area contributed by atoms with E-state index in [9.17, 15) is 13.6 Å². The first kappa shape index (κ1) is 20.3. The highest BCUT2D eigenvalue weighted by Gasteiger charge is 2.28. The van der Waals surface area contributed by atoms with E-state index >= 15 is 0 Å². The van der Waals surface area contributed by atoms with Gasteiger partial charge in [0.25, 0.3) is 12.3 Å². The summed E-state index contributed by atoms with van der Waals surface area (Å²) in [6.07, 6.45) is 2.31. The van der Waals surface area contributed by atoms with Gasteiger partial charge in [0, 0.05) is 22.5 Å². The van der Waals surface area contributed by atoms with Crippen molar-refractivity contribution < 1.29 is 18.0 Å². The maximum absolute atomic E-state index is 12.5. The summed E-state index contributed by atoms with van der Waals surface area (Å²) in [6, 6.07) is 7.13. The second-order valence-corrected chi connectivity index (χ2v) is 7.54. The number of hydrogen-bond donors (Lipinski definition) is 1. The van der Waals surface area contributed by atoms with Crippen LogP contribution in [-0.4, -0.2) is 32.1 Å². The molecule has 1 aromatic carbocycles. The van der Waals surface area contributed by atoms with E-state index in [0.717, 1.165) is 43.6 Å². The fourth-order valence-corrected chi connectivity index (χ4v) is 3.55. The number of nitrogens with zero attached hydrogens (tertiary/aromatic N) is 4. The monoisotopic (exact) mass is 433 g/mol.